The lowest BCUT2D eigenvalue weighted by Gasteiger charge is -2.35. The number of carbonyl (C=O) groups excluding carboxylic acids is 1. The van der Waals surface area contributed by atoms with Gasteiger partial charge in [-0.3, -0.25) is 0 Å². The summed E-state index contributed by atoms with van der Waals surface area (Å²) in [7, 11) is 5.16. The number of urea groups is 1. The first-order valence-corrected chi connectivity index (χ1v) is 9.55. The van der Waals surface area contributed by atoms with Gasteiger partial charge in [0, 0.05) is 33.2 Å². The quantitative estimate of drug-likeness (QED) is 0.735. The lowest BCUT2D eigenvalue weighted by atomic mass is 10.2. The summed E-state index contributed by atoms with van der Waals surface area (Å²) in [6, 6.07) is 13.4. The average Bonchev–Trinajstić information content (AvgIpc) is 3.10. The molecule has 29 heavy (non-hydrogen) atoms. The second kappa shape index (κ2) is 7.90. The average molecular weight is 395 g/mol. The number of hydrogen-bond acceptors (Lipinski definition) is 5. The number of benzene rings is 2. The van der Waals surface area contributed by atoms with Gasteiger partial charge in [-0.05, 0) is 24.3 Å². The third kappa shape index (κ3) is 3.53. The lowest BCUT2D eigenvalue weighted by molar-refractivity contribution is 0.207. The molecule has 1 fully saturated rings. The molecule has 8 heteroatoms. The van der Waals surface area contributed by atoms with Crippen LogP contribution in [0.4, 0.5) is 16.4 Å². The van der Waals surface area contributed by atoms with Crippen molar-refractivity contribution in [2.75, 3.05) is 50.6 Å². The van der Waals surface area contributed by atoms with Gasteiger partial charge in [0.2, 0.25) is 5.95 Å². The van der Waals surface area contributed by atoms with Gasteiger partial charge in [0.1, 0.15) is 0 Å². The maximum absolute atomic E-state index is 12.8. The molecule has 4 rings (SSSR count). The first kappa shape index (κ1) is 18.9. The minimum atomic E-state index is -0.152. The summed E-state index contributed by atoms with van der Waals surface area (Å²) in [4.78, 5) is 21.5. The van der Waals surface area contributed by atoms with E-state index >= 15 is 0 Å². The largest absolute Gasteiger partial charge is 0.493 e. The molecule has 1 aliphatic rings. The van der Waals surface area contributed by atoms with E-state index in [-0.39, 0.29) is 6.03 Å². The van der Waals surface area contributed by atoms with E-state index in [1.54, 1.807) is 31.3 Å². The number of anilines is 2. The van der Waals surface area contributed by atoms with Gasteiger partial charge in [-0.1, -0.05) is 18.2 Å². The summed E-state index contributed by atoms with van der Waals surface area (Å²) in [5.74, 6) is 2.03. The predicted molar refractivity (Wildman–Crippen MR) is 113 cm³/mol. The van der Waals surface area contributed by atoms with Crippen molar-refractivity contribution in [2.24, 2.45) is 7.05 Å². The van der Waals surface area contributed by atoms with Crippen LogP contribution in [0.2, 0.25) is 0 Å². The van der Waals surface area contributed by atoms with E-state index in [1.807, 2.05) is 31.3 Å². The standard InChI is InChI=1S/C21H25N5O3/c1-24-17-9-5-4-7-15(17)22-20(24)25-11-13-26(14-12-25)21(27)23-16-8-6-10-18(28-2)19(16)29-3/h4-10H,11-14H2,1-3H3,(H,23,27). The van der Waals surface area contributed by atoms with Crippen molar-refractivity contribution >= 4 is 28.7 Å². The number of nitrogens with one attached hydrogen (secondary N) is 1. The number of carbonyl (C=O) groups is 1. The van der Waals surface area contributed by atoms with Crippen LogP contribution in [0, 0.1) is 0 Å². The highest BCUT2D eigenvalue weighted by Crippen LogP contribution is 2.34. The van der Waals surface area contributed by atoms with Crippen LogP contribution in [-0.2, 0) is 7.05 Å². The zero-order chi connectivity index (χ0) is 20.4. The molecule has 2 amide bonds. The summed E-state index contributed by atoms with van der Waals surface area (Å²) in [5.41, 5.74) is 2.68. The predicted octanol–water partition coefficient (Wildman–Crippen LogP) is 2.94. The summed E-state index contributed by atoms with van der Waals surface area (Å²) in [5, 5.41) is 2.94. The highest BCUT2D eigenvalue weighted by Gasteiger charge is 2.25. The van der Waals surface area contributed by atoms with Gasteiger partial charge in [-0.15, -0.1) is 0 Å². The Kier molecular flexibility index (Phi) is 5.16. The fraction of sp³-hybridized carbons (Fsp3) is 0.333. The molecule has 1 N–H and O–H groups in total. The highest BCUT2D eigenvalue weighted by atomic mass is 16.5. The van der Waals surface area contributed by atoms with Crippen molar-refractivity contribution in [2.45, 2.75) is 0 Å². The van der Waals surface area contributed by atoms with E-state index in [1.165, 1.54) is 0 Å². The van der Waals surface area contributed by atoms with E-state index in [0.29, 0.717) is 30.3 Å². The third-order valence-corrected chi connectivity index (χ3v) is 5.26. The summed E-state index contributed by atoms with van der Waals surface area (Å²) in [6.45, 7) is 2.67. The van der Waals surface area contributed by atoms with Crippen molar-refractivity contribution in [3.05, 3.63) is 42.5 Å². The molecule has 1 saturated heterocycles. The van der Waals surface area contributed by atoms with Gasteiger partial charge in [-0.25, -0.2) is 9.78 Å². The van der Waals surface area contributed by atoms with Crippen LogP contribution in [-0.4, -0.2) is 60.9 Å². The number of amides is 2. The third-order valence-electron chi connectivity index (χ3n) is 5.26. The van der Waals surface area contributed by atoms with E-state index in [2.05, 4.69) is 20.9 Å². The number of para-hydroxylation sites is 3. The van der Waals surface area contributed by atoms with Crippen molar-refractivity contribution < 1.29 is 14.3 Å². The first-order valence-electron chi connectivity index (χ1n) is 9.55. The second-order valence-corrected chi connectivity index (χ2v) is 6.90. The summed E-state index contributed by atoms with van der Waals surface area (Å²) in [6.07, 6.45) is 0. The van der Waals surface area contributed by atoms with Crippen LogP contribution in [0.1, 0.15) is 0 Å². The highest BCUT2D eigenvalue weighted by molar-refractivity contribution is 5.92. The van der Waals surface area contributed by atoms with E-state index in [0.717, 1.165) is 30.1 Å². The molecule has 0 aliphatic carbocycles. The molecule has 1 aliphatic heterocycles. The van der Waals surface area contributed by atoms with Crippen LogP contribution in [0.25, 0.3) is 11.0 Å². The zero-order valence-corrected chi connectivity index (χ0v) is 16.9. The molecule has 0 radical (unpaired) electrons. The number of fused-ring (bicyclic) bond motifs is 1. The molecular formula is C21H25N5O3. The molecule has 152 valence electrons. The minimum absolute atomic E-state index is 0.152. The number of imidazole rings is 1. The van der Waals surface area contributed by atoms with E-state index in [9.17, 15) is 4.79 Å². The smallest absolute Gasteiger partial charge is 0.322 e. The molecule has 2 heterocycles. The van der Waals surface area contributed by atoms with Crippen molar-refractivity contribution in [1.29, 1.82) is 0 Å². The SMILES string of the molecule is COc1cccc(NC(=O)N2CCN(c3nc4ccccc4n3C)CC2)c1OC. The number of piperazine rings is 1. The fourth-order valence-electron chi connectivity index (χ4n) is 3.71. The van der Waals surface area contributed by atoms with Crippen molar-refractivity contribution in [3.8, 4) is 11.5 Å². The van der Waals surface area contributed by atoms with Crippen molar-refractivity contribution in [1.82, 2.24) is 14.5 Å². The fourth-order valence-corrected chi connectivity index (χ4v) is 3.71. The van der Waals surface area contributed by atoms with Crippen LogP contribution >= 0.6 is 0 Å². The Hall–Kier alpha value is -3.42. The maximum atomic E-state index is 12.8. The normalized spacial score (nSPS) is 14.2. The van der Waals surface area contributed by atoms with Gasteiger partial charge in [0.25, 0.3) is 0 Å². The Balaban J connectivity index is 1.43. The van der Waals surface area contributed by atoms with E-state index < -0.39 is 0 Å². The molecule has 0 spiro atoms. The van der Waals surface area contributed by atoms with E-state index in [4.69, 9.17) is 14.5 Å². The Morgan fingerprint density at radius 1 is 1.00 bits per heavy atom. The topological polar surface area (TPSA) is 71.9 Å². The Labute approximate surface area is 169 Å². The summed E-state index contributed by atoms with van der Waals surface area (Å²) < 4.78 is 12.8. The number of ether oxygens (including phenoxy) is 2. The minimum Gasteiger partial charge on any atom is -0.493 e. The molecule has 0 saturated carbocycles. The van der Waals surface area contributed by atoms with Gasteiger partial charge in [0.05, 0.1) is 30.9 Å². The Morgan fingerprint density at radius 2 is 1.76 bits per heavy atom. The number of aromatic nitrogens is 2. The monoisotopic (exact) mass is 395 g/mol. The molecule has 1 aromatic heterocycles. The van der Waals surface area contributed by atoms with Gasteiger partial charge < -0.3 is 29.2 Å². The molecule has 0 bridgehead atoms. The van der Waals surface area contributed by atoms with Crippen LogP contribution in [0.15, 0.2) is 42.5 Å². The number of hydrogen-bond donors (Lipinski definition) is 1. The molecule has 3 aromatic rings. The van der Waals surface area contributed by atoms with Crippen molar-refractivity contribution in [3.63, 3.8) is 0 Å². The molecule has 2 aromatic carbocycles. The van der Waals surface area contributed by atoms with Gasteiger partial charge >= 0.3 is 6.03 Å². The summed E-state index contributed by atoms with van der Waals surface area (Å²) >= 11 is 0. The van der Waals surface area contributed by atoms with Crippen LogP contribution in [0.5, 0.6) is 11.5 Å². The van der Waals surface area contributed by atoms with Gasteiger partial charge in [-0.2, -0.15) is 0 Å². The van der Waals surface area contributed by atoms with Crippen LogP contribution in [0.3, 0.4) is 0 Å². The Morgan fingerprint density at radius 3 is 2.45 bits per heavy atom. The van der Waals surface area contributed by atoms with Gasteiger partial charge in [0.15, 0.2) is 11.5 Å². The molecular weight excluding hydrogens is 370 g/mol. The number of nitrogens with zero attached hydrogens (tertiary/aromatic N) is 4. The number of rotatable bonds is 4. The molecule has 0 unspecified atom stereocenters. The molecule has 8 nitrogen and oxygen atoms in total. The van der Waals surface area contributed by atoms with Crippen LogP contribution < -0.4 is 19.7 Å². The lowest BCUT2D eigenvalue weighted by Crippen LogP contribution is -2.50. The zero-order valence-electron chi connectivity index (χ0n) is 16.9. The first-order chi connectivity index (χ1) is 14.1. The molecule has 0 atom stereocenters. The maximum Gasteiger partial charge on any atom is 0.322 e. The Bertz CT molecular complexity index is 1020. The number of aryl methyl sites for hydroxylation is 1. The number of methoxy groups -OCH3 is 2. The second-order valence-electron chi connectivity index (χ2n) is 6.90.